The van der Waals surface area contributed by atoms with Crippen LogP contribution in [0.2, 0.25) is 0 Å². The van der Waals surface area contributed by atoms with Crippen LogP contribution in [-0.4, -0.2) is 25.2 Å². The third kappa shape index (κ3) is 2.41. The Balaban J connectivity index is 1.79. The van der Waals surface area contributed by atoms with Crippen molar-refractivity contribution in [3.05, 3.63) is 81.8 Å². The van der Waals surface area contributed by atoms with Crippen LogP contribution in [0.5, 0.6) is 0 Å². The number of halogens is 1. The van der Waals surface area contributed by atoms with Crippen molar-refractivity contribution in [2.75, 3.05) is 5.32 Å². The van der Waals surface area contributed by atoms with Gasteiger partial charge in [0.25, 0.3) is 5.56 Å². The van der Waals surface area contributed by atoms with Crippen LogP contribution < -0.4 is 10.9 Å². The van der Waals surface area contributed by atoms with E-state index < -0.39 is 0 Å². The summed E-state index contributed by atoms with van der Waals surface area (Å²) in [7, 11) is 1.80. The van der Waals surface area contributed by atoms with E-state index in [2.05, 4.69) is 25.8 Å². The van der Waals surface area contributed by atoms with Gasteiger partial charge in [0.05, 0.1) is 28.7 Å². The molecular formula is C19H15FN6O. The molecule has 27 heavy (non-hydrogen) atoms. The number of aromatic amines is 1. The van der Waals surface area contributed by atoms with Gasteiger partial charge in [0.15, 0.2) is 0 Å². The zero-order valence-corrected chi connectivity index (χ0v) is 14.3. The second kappa shape index (κ2) is 5.73. The Morgan fingerprint density at radius 1 is 1.15 bits per heavy atom. The molecule has 3 heterocycles. The number of benzene rings is 2. The Labute approximate surface area is 152 Å². The second-order valence-electron chi connectivity index (χ2n) is 6.63. The summed E-state index contributed by atoms with van der Waals surface area (Å²) in [6.07, 6.45) is 1.83. The molecule has 0 aliphatic carbocycles. The van der Waals surface area contributed by atoms with Gasteiger partial charge in [-0.2, -0.15) is 5.10 Å². The van der Waals surface area contributed by atoms with E-state index in [1.165, 1.54) is 12.1 Å². The van der Waals surface area contributed by atoms with Crippen molar-refractivity contribution in [1.29, 1.82) is 0 Å². The first kappa shape index (κ1) is 15.7. The molecule has 0 bridgehead atoms. The van der Waals surface area contributed by atoms with Crippen molar-refractivity contribution in [2.24, 2.45) is 7.05 Å². The summed E-state index contributed by atoms with van der Waals surface area (Å²) in [5.74, 6) is -0.589. The van der Waals surface area contributed by atoms with Crippen LogP contribution in [-0.2, 0) is 7.05 Å². The minimum absolute atomic E-state index is 0.237. The van der Waals surface area contributed by atoms with Crippen molar-refractivity contribution in [1.82, 2.24) is 25.2 Å². The van der Waals surface area contributed by atoms with Gasteiger partial charge < -0.3 is 5.32 Å². The van der Waals surface area contributed by atoms with E-state index in [0.717, 1.165) is 22.3 Å². The standard InChI is InChI=1S/C19H15FN6O/c1-26-9-14(22-25-26)16-17(10-5-7-11(20)8-6-10)21-13-4-2-3-12-15(13)18(16)23-24-19(12)27/h2-9,16-17,21H,1H3,(H,24,27). The van der Waals surface area contributed by atoms with Crippen LogP contribution >= 0.6 is 0 Å². The number of hydrogen-bond donors (Lipinski definition) is 2. The fourth-order valence-corrected chi connectivity index (χ4v) is 3.76. The molecule has 134 valence electrons. The first-order valence-corrected chi connectivity index (χ1v) is 8.51. The van der Waals surface area contributed by atoms with Gasteiger partial charge in [0.1, 0.15) is 5.82 Å². The lowest BCUT2D eigenvalue weighted by Gasteiger charge is -2.33. The number of aromatic nitrogens is 5. The largest absolute Gasteiger partial charge is 0.377 e. The molecule has 0 radical (unpaired) electrons. The Hall–Kier alpha value is -3.55. The maximum atomic E-state index is 13.4. The highest BCUT2D eigenvalue weighted by Crippen LogP contribution is 2.45. The minimum atomic E-state index is -0.296. The van der Waals surface area contributed by atoms with E-state index in [4.69, 9.17) is 0 Å². The summed E-state index contributed by atoms with van der Waals surface area (Å²) >= 11 is 0. The molecule has 0 saturated heterocycles. The molecule has 2 atom stereocenters. The molecule has 0 fully saturated rings. The number of nitrogens with one attached hydrogen (secondary N) is 2. The van der Waals surface area contributed by atoms with E-state index in [1.807, 2.05) is 18.3 Å². The van der Waals surface area contributed by atoms with Gasteiger partial charge in [-0.05, 0) is 29.8 Å². The predicted molar refractivity (Wildman–Crippen MR) is 98.0 cm³/mol. The Morgan fingerprint density at radius 3 is 2.70 bits per heavy atom. The molecule has 0 saturated carbocycles. The molecule has 5 rings (SSSR count). The van der Waals surface area contributed by atoms with Crippen molar-refractivity contribution in [3.63, 3.8) is 0 Å². The van der Waals surface area contributed by atoms with Crippen LogP contribution in [0.1, 0.15) is 28.9 Å². The quantitative estimate of drug-likeness (QED) is 0.572. The topological polar surface area (TPSA) is 88.5 Å². The van der Waals surface area contributed by atoms with E-state index in [9.17, 15) is 9.18 Å². The first-order valence-electron chi connectivity index (χ1n) is 8.51. The molecule has 7 nitrogen and oxygen atoms in total. The highest BCUT2D eigenvalue weighted by Gasteiger charge is 2.36. The summed E-state index contributed by atoms with van der Waals surface area (Å²) in [6.45, 7) is 0. The summed E-state index contributed by atoms with van der Waals surface area (Å²) < 4.78 is 15.1. The summed E-state index contributed by atoms with van der Waals surface area (Å²) in [4.78, 5) is 12.2. The number of anilines is 1. The molecule has 1 aliphatic rings. The molecule has 4 aromatic rings. The van der Waals surface area contributed by atoms with Crippen molar-refractivity contribution in [2.45, 2.75) is 12.0 Å². The normalized spacial score (nSPS) is 18.4. The van der Waals surface area contributed by atoms with Gasteiger partial charge in [-0.3, -0.25) is 9.48 Å². The molecule has 8 heteroatoms. The third-order valence-electron chi connectivity index (χ3n) is 4.95. The van der Waals surface area contributed by atoms with Gasteiger partial charge in [0.2, 0.25) is 0 Å². The van der Waals surface area contributed by atoms with Crippen molar-refractivity contribution < 1.29 is 4.39 Å². The lowest BCUT2D eigenvalue weighted by atomic mass is 9.82. The molecule has 2 unspecified atom stereocenters. The highest BCUT2D eigenvalue weighted by molar-refractivity contribution is 5.97. The number of rotatable bonds is 2. The van der Waals surface area contributed by atoms with E-state index in [1.54, 1.807) is 29.9 Å². The molecule has 2 aromatic carbocycles. The lowest BCUT2D eigenvalue weighted by Crippen LogP contribution is -2.28. The van der Waals surface area contributed by atoms with Crippen LogP contribution in [0.4, 0.5) is 10.1 Å². The van der Waals surface area contributed by atoms with Crippen LogP contribution in [0, 0.1) is 5.82 Å². The van der Waals surface area contributed by atoms with E-state index in [-0.39, 0.29) is 23.3 Å². The predicted octanol–water partition coefficient (Wildman–Crippen LogP) is 2.49. The number of nitrogens with zero attached hydrogens (tertiary/aromatic N) is 4. The lowest BCUT2D eigenvalue weighted by molar-refractivity contribution is 0.609. The fourth-order valence-electron chi connectivity index (χ4n) is 3.76. The van der Waals surface area contributed by atoms with E-state index >= 15 is 0 Å². The van der Waals surface area contributed by atoms with Crippen molar-refractivity contribution >= 4 is 16.5 Å². The zero-order chi connectivity index (χ0) is 18.5. The molecule has 0 spiro atoms. The monoisotopic (exact) mass is 362 g/mol. The number of hydrogen-bond acceptors (Lipinski definition) is 5. The van der Waals surface area contributed by atoms with Crippen molar-refractivity contribution in [3.8, 4) is 0 Å². The first-order chi connectivity index (χ1) is 13.1. The SMILES string of the molecule is Cn1cc(C2c3n[nH]c(=O)c4cccc(c34)NC2c2ccc(F)cc2)nn1. The van der Waals surface area contributed by atoms with Gasteiger partial charge in [0, 0.05) is 24.3 Å². The molecule has 2 aromatic heterocycles. The molecule has 0 amide bonds. The summed E-state index contributed by atoms with van der Waals surface area (Å²) in [5, 5.41) is 20.1. The minimum Gasteiger partial charge on any atom is -0.377 e. The third-order valence-corrected chi connectivity index (χ3v) is 4.95. The maximum Gasteiger partial charge on any atom is 0.272 e. The smallest absolute Gasteiger partial charge is 0.272 e. The van der Waals surface area contributed by atoms with Gasteiger partial charge in [-0.15, -0.1) is 5.10 Å². The average molecular weight is 362 g/mol. The summed E-state index contributed by atoms with van der Waals surface area (Å²) in [6, 6.07) is 11.6. The average Bonchev–Trinajstić information content (AvgIpc) is 3.10. The van der Waals surface area contributed by atoms with Crippen LogP contribution in [0.25, 0.3) is 10.8 Å². The number of aryl methyl sites for hydroxylation is 1. The van der Waals surface area contributed by atoms with Gasteiger partial charge in [-0.25, -0.2) is 9.49 Å². The van der Waals surface area contributed by atoms with Gasteiger partial charge >= 0.3 is 0 Å². The Kier molecular flexibility index (Phi) is 3.33. The Morgan fingerprint density at radius 2 is 1.96 bits per heavy atom. The molecular weight excluding hydrogens is 347 g/mol. The van der Waals surface area contributed by atoms with Crippen LogP contribution in [0.15, 0.2) is 53.5 Å². The molecule has 1 aliphatic heterocycles. The van der Waals surface area contributed by atoms with E-state index in [0.29, 0.717) is 11.1 Å². The molecule has 2 N–H and O–H groups in total. The van der Waals surface area contributed by atoms with Crippen LogP contribution in [0.3, 0.4) is 0 Å². The highest BCUT2D eigenvalue weighted by atomic mass is 19.1. The zero-order valence-electron chi connectivity index (χ0n) is 14.3. The van der Waals surface area contributed by atoms with Gasteiger partial charge in [-0.1, -0.05) is 23.4 Å². The summed E-state index contributed by atoms with van der Waals surface area (Å²) in [5.41, 5.74) is 2.90. The fraction of sp³-hybridized carbons (Fsp3) is 0.158. The Bertz CT molecular complexity index is 1210. The number of H-pyrrole nitrogens is 1. The second-order valence-corrected chi connectivity index (χ2v) is 6.63. The maximum absolute atomic E-state index is 13.4.